The maximum atomic E-state index is 13.3. The molecule has 0 aliphatic carbocycles. The Hall–Kier alpha value is -0.640. The number of aliphatic hydroxyl groups is 1. The summed E-state index contributed by atoms with van der Waals surface area (Å²) in [6.45, 7) is 2.22. The summed E-state index contributed by atoms with van der Waals surface area (Å²) in [4.78, 5) is 0. The molecular formula is C10H13ClFNO. The van der Waals surface area contributed by atoms with E-state index in [-0.39, 0.29) is 17.7 Å². The summed E-state index contributed by atoms with van der Waals surface area (Å²) >= 11 is 5.61. The molecule has 2 nitrogen and oxygen atoms in total. The molecule has 2 N–H and O–H groups in total. The van der Waals surface area contributed by atoms with Crippen molar-refractivity contribution in [2.24, 2.45) is 0 Å². The fourth-order valence-electron chi connectivity index (χ4n) is 1.03. The highest BCUT2D eigenvalue weighted by molar-refractivity contribution is 6.30. The minimum Gasteiger partial charge on any atom is -0.395 e. The minimum atomic E-state index is -0.396. The predicted octanol–water partition coefficient (Wildman–Crippen LogP) is 1.95. The Morgan fingerprint density at radius 1 is 1.57 bits per heavy atom. The molecule has 1 atom stereocenters. The quantitative estimate of drug-likeness (QED) is 0.808. The topological polar surface area (TPSA) is 32.3 Å². The zero-order valence-corrected chi connectivity index (χ0v) is 8.68. The van der Waals surface area contributed by atoms with E-state index in [1.54, 1.807) is 12.1 Å². The third kappa shape index (κ3) is 2.94. The summed E-state index contributed by atoms with van der Waals surface area (Å²) in [6, 6.07) is 4.83. The van der Waals surface area contributed by atoms with E-state index >= 15 is 0 Å². The summed E-state index contributed by atoms with van der Waals surface area (Å²) in [6.07, 6.45) is 0. The standard InChI is InChI=1S/C10H13ClFNO/c1-7(6-14)13-5-8-3-2-4-9(11)10(8)12/h2-4,7,13-14H,5-6H2,1H3. The molecule has 4 heteroatoms. The van der Waals surface area contributed by atoms with Crippen LogP contribution in [0, 0.1) is 5.82 Å². The lowest BCUT2D eigenvalue weighted by Gasteiger charge is -2.11. The maximum absolute atomic E-state index is 13.3. The number of hydrogen-bond donors (Lipinski definition) is 2. The molecule has 0 heterocycles. The third-order valence-corrected chi connectivity index (χ3v) is 2.24. The molecule has 1 aromatic rings. The van der Waals surface area contributed by atoms with E-state index in [1.165, 1.54) is 6.07 Å². The van der Waals surface area contributed by atoms with Crippen LogP contribution in [0.1, 0.15) is 12.5 Å². The lowest BCUT2D eigenvalue weighted by Crippen LogP contribution is -2.28. The van der Waals surface area contributed by atoms with Crippen LogP contribution in [0.4, 0.5) is 4.39 Å². The van der Waals surface area contributed by atoms with Crippen molar-refractivity contribution in [2.45, 2.75) is 19.5 Å². The van der Waals surface area contributed by atoms with Crippen LogP contribution in [-0.4, -0.2) is 17.8 Å². The molecule has 0 saturated carbocycles. The van der Waals surface area contributed by atoms with Gasteiger partial charge in [0.25, 0.3) is 0 Å². The van der Waals surface area contributed by atoms with Gasteiger partial charge >= 0.3 is 0 Å². The number of benzene rings is 1. The average Bonchev–Trinajstić information content (AvgIpc) is 2.20. The van der Waals surface area contributed by atoms with Crippen molar-refractivity contribution in [2.75, 3.05) is 6.61 Å². The van der Waals surface area contributed by atoms with Gasteiger partial charge in [-0.1, -0.05) is 23.7 Å². The lowest BCUT2D eigenvalue weighted by molar-refractivity contribution is 0.250. The Morgan fingerprint density at radius 2 is 2.29 bits per heavy atom. The van der Waals surface area contributed by atoms with E-state index in [9.17, 15) is 4.39 Å². The van der Waals surface area contributed by atoms with Crippen molar-refractivity contribution in [1.82, 2.24) is 5.32 Å². The van der Waals surface area contributed by atoms with Crippen LogP contribution in [0.5, 0.6) is 0 Å². The fourth-order valence-corrected chi connectivity index (χ4v) is 1.23. The molecular weight excluding hydrogens is 205 g/mol. The average molecular weight is 218 g/mol. The van der Waals surface area contributed by atoms with E-state index in [1.807, 2.05) is 6.92 Å². The number of nitrogens with one attached hydrogen (secondary N) is 1. The van der Waals surface area contributed by atoms with E-state index in [0.717, 1.165) is 0 Å². The number of hydrogen-bond acceptors (Lipinski definition) is 2. The van der Waals surface area contributed by atoms with E-state index in [0.29, 0.717) is 12.1 Å². The summed E-state index contributed by atoms with van der Waals surface area (Å²) in [5.41, 5.74) is 0.512. The first-order valence-corrected chi connectivity index (χ1v) is 4.80. The SMILES string of the molecule is CC(CO)NCc1cccc(Cl)c1F. The molecule has 0 aliphatic heterocycles. The summed E-state index contributed by atoms with van der Waals surface area (Å²) in [5, 5.41) is 11.8. The fraction of sp³-hybridized carbons (Fsp3) is 0.400. The van der Waals surface area contributed by atoms with Gasteiger partial charge < -0.3 is 10.4 Å². The molecule has 78 valence electrons. The van der Waals surface area contributed by atoms with Crippen LogP contribution in [0.25, 0.3) is 0 Å². The monoisotopic (exact) mass is 217 g/mol. The van der Waals surface area contributed by atoms with Gasteiger partial charge in [0.1, 0.15) is 5.82 Å². The summed E-state index contributed by atoms with van der Waals surface area (Å²) in [7, 11) is 0. The highest BCUT2D eigenvalue weighted by Crippen LogP contribution is 2.17. The molecule has 0 aromatic heterocycles. The van der Waals surface area contributed by atoms with Crippen LogP contribution >= 0.6 is 11.6 Å². The lowest BCUT2D eigenvalue weighted by atomic mass is 10.2. The molecule has 1 aromatic carbocycles. The van der Waals surface area contributed by atoms with Crippen LogP contribution < -0.4 is 5.32 Å². The van der Waals surface area contributed by atoms with Crippen LogP contribution in [0.2, 0.25) is 5.02 Å². The third-order valence-electron chi connectivity index (χ3n) is 1.95. The van der Waals surface area contributed by atoms with Gasteiger partial charge in [0.05, 0.1) is 11.6 Å². The zero-order chi connectivity index (χ0) is 10.6. The minimum absolute atomic E-state index is 0.0299. The van der Waals surface area contributed by atoms with Crippen LogP contribution in [-0.2, 0) is 6.54 Å². The summed E-state index contributed by atoms with van der Waals surface area (Å²) in [5.74, 6) is -0.396. The van der Waals surface area contributed by atoms with E-state index in [4.69, 9.17) is 16.7 Å². The molecule has 1 unspecified atom stereocenters. The molecule has 14 heavy (non-hydrogen) atoms. The number of halogens is 2. The van der Waals surface area contributed by atoms with Gasteiger partial charge in [-0.15, -0.1) is 0 Å². The number of rotatable bonds is 4. The second-order valence-corrected chi connectivity index (χ2v) is 3.58. The molecule has 1 rings (SSSR count). The molecule has 0 spiro atoms. The first kappa shape index (κ1) is 11.4. The Morgan fingerprint density at radius 3 is 2.93 bits per heavy atom. The van der Waals surface area contributed by atoms with Crippen LogP contribution in [0.15, 0.2) is 18.2 Å². The highest BCUT2D eigenvalue weighted by Gasteiger charge is 2.06. The van der Waals surface area contributed by atoms with E-state index < -0.39 is 5.82 Å². The zero-order valence-electron chi connectivity index (χ0n) is 7.93. The Labute approximate surface area is 87.7 Å². The Kier molecular flexibility index (Phi) is 4.32. The molecule has 0 radical (unpaired) electrons. The molecule has 0 aliphatic rings. The van der Waals surface area contributed by atoms with Gasteiger partial charge in [0, 0.05) is 18.2 Å². The van der Waals surface area contributed by atoms with E-state index in [2.05, 4.69) is 5.32 Å². The van der Waals surface area contributed by atoms with Gasteiger partial charge in [0.2, 0.25) is 0 Å². The molecule has 0 fully saturated rings. The van der Waals surface area contributed by atoms with Gasteiger partial charge in [-0.25, -0.2) is 4.39 Å². The molecule has 0 amide bonds. The van der Waals surface area contributed by atoms with Gasteiger partial charge in [-0.05, 0) is 13.0 Å². The molecule has 0 bridgehead atoms. The van der Waals surface area contributed by atoms with Gasteiger partial charge in [-0.3, -0.25) is 0 Å². The largest absolute Gasteiger partial charge is 0.395 e. The van der Waals surface area contributed by atoms with Gasteiger partial charge in [0.15, 0.2) is 0 Å². The van der Waals surface area contributed by atoms with Crippen molar-refractivity contribution >= 4 is 11.6 Å². The smallest absolute Gasteiger partial charge is 0.146 e. The normalized spacial score (nSPS) is 12.9. The maximum Gasteiger partial charge on any atom is 0.146 e. The highest BCUT2D eigenvalue weighted by atomic mass is 35.5. The first-order valence-electron chi connectivity index (χ1n) is 4.42. The Balaban J connectivity index is 2.63. The first-order chi connectivity index (χ1) is 6.65. The van der Waals surface area contributed by atoms with Crippen molar-refractivity contribution in [3.05, 3.63) is 34.6 Å². The Bertz CT molecular complexity index is 306. The van der Waals surface area contributed by atoms with Crippen LogP contribution in [0.3, 0.4) is 0 Å². The number of aliphatic hydroxyl groups excluding tert-OH is 1. The molecule has 0 saturated heterocycles. The van der Waals surface area contributed by atoms with Crippen molar-refractivity contribution < 1.29 is 9.50 Å². The van der Waals surface area contributed by atoms with Gasteiger partial charge in [-0.2, -0.15) is 0 Å². The predicted molar refractivity (Wildman–Crippen MR) is 54.8 cm³/mol. The van der Waals surface area contributed by atoms with Crippen molar-refractivity contribution in [1.29, 1.82) is 0 Å². The van der Waals surface area contributed by atoms with Crippen molar-refractivity contribution in [3.63, 3.8) is 0 Å². The second kappa shape index (κ2) is 5.29. The second-order valence-electron chi connectivity index (χ2n) is 3.18. The summed E-state index contributed by atoms with van der Waals surface area (Å²) < 4.78 is 13.3. The van der Waals surface area contributed by atoms with Crippen molar-refractivity contribution in [3.8, 4) is 0 Å².